The standard InChI is InChI=1S/C20H32O3/c1-3-5-7-8-9-19-15-23-20(16-22-19)17-10-12-18(13-11-17)21-14-6-4-2/h10-13,19-20H,3-9,14-16H2,1-2H3/t19-,20-/m0/s1. The molecule has 2 rings (SSSR count). The fourth-order valence-corrected chi connectivity index (χ4v) is 2.81. The van der Waals surface area contributed by atoms with E-state index < -0.39 is 0 Å². The van der Waals surface area contributed by atoms with Gasteiger partial charge >= 0.3 is 0 Å². The molecule has 1 heterocycles. The Morgan fingerprint density at radius 2 is 1.70 bits per heavy atom. The molecule has 0 aliphatic carbocycles. The largest absolute Gasteiger partial charge is 0.494 e. The lowest BCUT2D eigenvalue weighted by molar-refractivity contribution is -0.137. The van der Waals surface area contributed by atoms with Gasteiger partial charge in [0.25, 0.3) is 0 Å². The summed E-state index contributed by atoms with van der Waals surface area (Å²) in [5.41, 5.74) is 1.18. The number of rotatable bonds is 10. The number of hydrogen-bond acceptors (Lipinski definition) is 3. The van der Waals surface area contributed by atoms with Gasteiger partial charge in [0.15, 0.2) is 0 Å². The smallest absolute Gasteiger partial charge is 0.119 e. The molecule has 1 saturated heterocycles. The van der Waals surface area contributed by atoms with Gasteiger partial charge < -0.3 is 14.2 Å². The maximum atomic E-state index is 6.01. The van der Waals surface area contributed by atoms with E-state index in [9.17, 15) is 0 Å². The Hall–Kier alpha value is -1.06. The van der Waals surface area contributed by atoms with Gasteiger partial charge in [0.1, 0.15) is 11.9 Å². The summed E-state index contributed by atoms with van der Waals surface area (Å²) in [6.07, 6.45) is 8.87. The Bertz CT molecular complexity index is 407. The zero-order valence-electron chi connectivity index (χ0n) is 14.8. The molecule has 0 bridgehead atoms. The van der Waals surface area contributed by atoms with Crippen LogP contribution in [-0.2, 0) is 9.47 Å². The summed E-state index contributed by atoms with van der Waals surface area (Å²) >= 11 is 0. The SMILES string of the molecule is CCCCCC[C@H]1CO[C@H](c2ccc(OCCCC)cc2)CO1. The second-order valence-corrected chi connectivity index (χ2v) is 6.40. The van der Waals surface area contributed by atoms with Crippen molar-refractivity contribution in [1.29, 1.82) is 0 Å². The van der Waals surface area contributed by atoms with Crippen molar-refractivity contribution in [1.82, 2.24) is 0 Å². The summed E-state index contributed by atoms with van der Waals surface area (Å²) in [7, 11) is 0. The summed E-state index contributed by atoms with van der Waals surface area (Å²) in [4.78, 5) is 0. The Morgan fingerprint density at radius 1 is 0.913 bits per heavy atom. The summed E-state index contributed by atoms with van der Waals surface area (Å²) in [5, 5.41) is 0. The Kier molecular flexibility index (Phi) is 8.48. The zero-order valence-corrected chi connectivity index (χ0v) is 14.8. The third kappa shape index (κ3) is 6.52. The van der Waals surface area contributed by atoms with Crippen LogP contribution in [-0.4, -0.2) is 25.9 Å². The van der Waals surface area contributed by atoms with Crippen LogP contribution in [0.15, 0.2) is 24.3 Å². The van der Waals surface area contributed by atoms with E-state index in [1.54, 1.807) is 0 Å². The molecule has 0 aromatic heterocycles. The normalized spacial score (nSPS) is 21.3. The molecule has 3 heteroatoms. The van der Waals surface area contributed by atoms with Gasteiger partial charge in [-0.2, -0.15) is 0 Å². The summed E-state index contributed by atoms with van der Waals surface area (Å²) in [5.74, 6) is 0.938. The molecule has 1 aliphatic rings. The number of benzene rings is 1. The quantitative estimate of drug-likeness (QED) is 0.548. The van der Waals surface area contributed by atoms with E-state index in [0.717, 1.165) is 31.6 Å². The fraction of sp³-hybridized carbons (Fsp3) is 0.700. The molecule has 0 unspecified atom stereocenters. The summed E-state index contributed by atoms with van der Waals surface area (Å²) in [6.45, 7) is 6.58. The molecule has 2 atom stereocenters. The van der Waals surface area contributed by atoms with E-state index in [1.165, 1.54) is 31.2 Å². The van der Waals surface area contributed by atoms with Crippen molar-refractivity contribution in [3.8, 4) is 5.75 Å². The molecule has 0 saturated carbocycles. The third-order valence-corrected chi connectivity index (χ3v) is 4.36. The number of ether oxygens (including phenoxy) is 3. The lowest BCUT2D eigenvalue weighted by atomic mass is 10.1. The van der Waals surface area contributed by atoms with Gasteiger partial charge in [0, 0.05) is 0 Å². The Balaban J connectivity index is 1.70. The van der Waals surface area contributed by atoms with Crippen LogP contribution in [0.4, 0.5) is 0 Å². The number of unbranched alkanes of at least 4 members (excludes halogenated alkanes) is 4. The first-order valence-corrected chi connectivity index (χ1v) is 9.29. The van der Waals surface area contributed by atoms with E-state index in [4.69, 9.17) is 14.2 Å². The fourth-order valence-electron chi connectivity index (χ4n) is 2.81. The van der Waals surface area contributed by atoms with E-state index in [0.29, 0.717) is 13.2 Å². The van der Waals surface area contributed by atoms with Crippen molar-refractivity contribution in [3.63, 3.8) is 0 Å². The molecule has 130 valence electrons. The molecule has 0 spiro atoms. The Morgan fingerprint density at radius 3 is 2.35 bits per heavy atom. The van der Waals surface area contributed by atoms with Crippen LogP contribution >= 0.6 is 0 Å². The highest BCUT2D eigenvalue weighted by Crippen LogP contribution is 2.26. The van der Waals surface area contributed by atoms with Crippen molar-refractivity contribution < 1.29 is 14.2 Å². The molecule has 0 N–H and O–H groups in total. The van der Waals surface area contributed by atoms with Gasteiger partial charge in [-0.25, -0.2) is 0 Å². The second kappa shape index (κ2) is 10.7. The first-order chi connectivity index (χ1) is 11.3. The van der Waals surface area contributed by atoms with Crippen molar-refractivity contribution in [2.45, 2.75) is 71.0 Å². The maximum Gasteiger partial charge on any atom is 0.119 e. The minimum absolute atomic E-state index is 0.0617. The maximum absolute atomic E-state index is 6.01. The van der Waals surface area contributed by atoms with Crippen molar-refractivity contribution >= 4 is 0 Å². The zero-order chi connectivity index (χ0) is 16.3. The van der Waals surface area contributed by atoms with Gasteiger partial charge in [-0.3, -0.25) is 0 Å². The molecule has 23 heavy (non-hydrogen) atoms. The predicted octanol–water partition coefficient (Wildman–Crippen LogP) is 5.29. The van der Waals surface area contributed by atoms with Crippen LogP contribution in [0.1, 0.15) is 70.5 Å². The third-order valence-electron chi connectivity index (χ3n) is 4.36. The molecule has 1 aromatic carbocycles. The van der Waals surface area contributed by atoms with Crippen molar-refractivity contribution in [2.24, 2.45) is 0 Å². The van der Waals surface area contributed by atoms with Crippen LogP contribution in [0.3, 0.4) is 0 Å². The molecule has 3 nitrogen and oxygen atoms in total. The second-order valence-electron chi connectivity index (χ2n) is 6.40. The lowest BCUT2D eigenvalue weighted by Gasteiger charge is -2.30. The topological polar surface area (TPSA) is 27.7 Å². The van der Waals surface area contributed by atoms with Crippen LogP contribution in [0, 0.1) is 0 Å². The monoisotopic (exact) mass is 320 g/mol. The van der Waals surface area contributed by atoms with Gasteiger partial charge in [0.2, 0.25) is 0 Å². The first kappa shape index (κ1) is 18.3. The molecule has 1 fully saturated rings. The van der Waals surface area contributed by atoms with E-state index in [-0.39, 0.29) is 12.2 Å². The highest BCUT2D eigenvalue weighted by atomic mass is 16.6. The van der Waals surface area contributed by atoms with Crippen LogP contribution < -0.4 is 4.74 Å². The Labute approximate surface area is 141 Å². The molecule has 0 radical (unpaired) electrons. The number of hydrogen-bond donors (Lipinski definition) is 0. The van der Waals surface area contributed by atoms with Crippen LogP contribution in [0.2, 0.25) is 0 Å². The minimum atomic E-state index is 0.0617. The van der Waals surface area contributed by atoms with E-state index >= 15 is 0 Å². The van der Waals surface area contributed by atoms with Gasteiger partial charge in [-0.05, 0) is 30.5 Å². The average Bonchev–Trinajstić information content (AvgIpc) is 2.60. The predicted molar refractivity (Wildman–Crippen MR) is 94.0 cm³/mol. The van der Waals surface area contributed by atoms with E-state index in [1.807, 2.05) is 12.1 Å². The van der Waals surface area contributed by atoms with Gasteiger partial charge in [-0.15, -0.1) is 0 Å². The summed E-state index contributed by atoms with van der Waals surface area (Å²) < 4.78 is 17.7. The van der Waals surface area contributed by atoms with Gasteiger partial charge in [0.05, 0.1) is 25.9 Å². The highest BCUT2D eigenvalue weighted by Gasteiger charge is 2.23. The van der Waals surface area contributed by atoms with Crippen LogP contribution in [0.25, 0.3) is 0 Å². The van der Waals surface area contributed by atoms with Crippen LogP contribution in [0.5, 0.6) is 5.75 Å². The average molecular weight is 320 g/mol. The molecule has 0 amide bonds. The van der Waals surface area contributed by atoms with E-state index in [2.05, 4.69) is 26.0 Å². The molecule has 1 aliphatic heterocycles. The molecular formula is C20H32O3. The minimum Gasteiger partial charge on any atom is -0.494 e. The molecule has 1 aromatic rings. The first-order valence-electron chi connectivity index (χ1n) is 9.29. The van der Waals surface area contributed by atoms with Crippen molar-refractivity contribution in [3.05, 3.63) is 29.8 Å². The molecular weight excluding hydrogens is 288 g/mol. The summed E-state index contributed by atoms with van der Waals surface area (Å²) in [6, 6.07) is 8.25. The lowest BCUT2D eigenvalue weighted by Crippen LogP contribution is -2.31. The highest BCUT2D eigenvalue weighted by molar-refractivity contribution is 5.28. The van der Waals surface area contributed by atoms with Crippen molar-refractivity contribution in [2.75, 3.05) is 19.8 Å². The van der Waals surface area contributed by atoms with Gasteiger partial charge in [-0.1, -0.05) is 58.1 Å².